The molecule has 130 valence electrons. The largest absolute Gasteiger partial charge is 0.480 e. The third kappa shape index (κ3) is 3.85. The second kappa shape index (κ2) is 6.76. The standard InChI is InChI=1S/C17H18N4O4/c1-11-2-4-13(5-3-11)21-9-12(8-15(21)22)17(25)18-14-6-7-20(19-14)10-16(23)24/h2-7,12H,8-10H2,1H3,(H,23,24)(H,18,19,25)/t12-/m1/s1. The van der Waals surface area contributed by atoms with Gasteiger partial charge in [0, 0.05) is 30.9 Å². The topological polar surface area (TPSA) is 105 Å². The van der Waals surface area contributed by atoms with E-state index in [1.54, 1.807) is 4.90 Å². The van der Waals surface area contributed by atoms with Crippen LogP contribution in [-0.4, -0.2) is 39.2 Å². The Morgan fingerprint density at radius 3 is 2.68 bits per heavy atom. The summed E-state index contributed by atoms with van der Waals surface area (Å²) in [6.45, 7) is 2.00. The van der Waals surface area contributed by atoms with Crippen molar-refractivity contribution in [2.75, 3.05) is 16.8 Å². The van der Waals surface area contributed by atoms with Crippen molar-refractivity contribution >= 4 is 29.3 Å². The van der Waals surface area contributed by atoms with Crippen molar-refractivity contribution in [2.45, 2.75) is 19.9 Å². The van der Waals surface area contributed by atoms with Gasteiger partial charge in [0.2, 0.25) is 11.8 Å². The first-order valence-corrected chi connectivity index (χ1v) is 7.85. The third-order valence-electron chi connectivity index (χ3n) is 4.03. The Labute approximate surface area is 144 Å². The van der Waals surface area contributed by atoms with Crippen LogP contribution in [0.15, 0.2) is 36.5 Å². The highest BCUT2D eigenvalue weighted by Gasteiger charge is 2.35. The number of amides is 2. The molecule has 1 fully saturated rings. The summed E-state index contributed by atoms with van der Waals surface area (Å²) in [5, 5.41) is 15.3. The molecule has 1 aromatic heterocycles. The number of carbonyl (C=O) groups excluding carboxylic acids is 2. The minimum Gasteiger partial charge on any atom is -0.480 e. The number of aliphatic carboxylic acids is 1. The van der Waals surface area contributed by atoms with Crippen molar-refractivity contribution < 1.29 is 19.5 Å². The lowest BCUT2D eigenvalue weighted by atomic mass is 10.1. The predicted octanol–water partition coefficient (Wildman–Crippen LogP) is 1.27. The van der Waals surface area contributed by atoms with Crippen molar-refractivity contribution in [2.24, 2.45) is 5.92 Å². The fraction of sp³-hybridized carbons (Fsp3) is 0.294. The van der Waals surface area contributed by atoms with Crippen LogP contribution in [0.25, 0.3) is 0 Å². The Balaban J connectivity index is 1.63. The van der Waals surface area contributed by atoms with Crippen molar-refractivity contribution in [3.63, 3.8) is 0 Å². The van der Waals surface area contributed by atoms with Crippen LogP contribution in [-0.2, 0) is 20.9 Å². The number of nitrogens with one attached hydrogen (secondary N) is 1. The van der Waals surface area contributed by atoms with E-state index >= 15 is 0 Å². The Morgan fingerprint density at radius 1 is 1.28 bits per heavy atom. The highest BCUT2D eigenvalue weighted by Crippen LogP contribution is 2.26. The number of aromatic nitrogens is 2. The molecule has 2 amide bonds. The molecule has 25 heavy (non-hydrogen) atoms. The zero-order valence-corrected chi connectivity index (χ0v) is 13.7. The number of carbonyl (C=O) groups is 3. The lowest BCUT2D eigenvalue weighted by molar-refractivity contribution is -0.137. The van der Waals surface area contributed by atoms with Gasteiger partial charge in [-0.1, -0.05) is 17.7 Å². The number of hydrogen-bond acceptors (Lipinski definition) is 4. The Bertz CT molecular complexity index is 812. The van der Waals surface area contributed by atoms with Gasteiger partial charge in [0.1, 0.15) is 6.54 Å². The predicted molar refractivity (Wildman–Crippen MR) is 90.1 cm³/mol. The van der Waals surface area contributed by atoms with Gasteiger partial charge < -0.3 is 15.3 Å². The summed E-state index contributed by atoms with van der Waals surface area (Å²) in [6, 6.07) is 9.09. The van der Waals surface area contributed by atoms with E-state index in [1.807, 2.05) is 31.2 Å². The summed E-state index contributed by atoms with van der Waals surface area (Å²) in [7, 11) is 0. The van der Waals surface area contributed by atoms with Crippen LogP contribution in [0, 0.1) is 12.8 Å². The molecule has 1 aromatic carbocycles. The molecule has 2 aromatic rings. The Kier molecular flexibility index (Phi) is 4.51. The molecule has 0 aliphatic carbocycles. The molecule has 1 aliphatic heterocycles. The summed E-state index contributed by atoms with van der Waals surface area (Å²) in [5.74, 6) is -1.62. The fourth-order valence-corrected chi connectivity index (χ4v) is 2.74. The second-order valence-corrected chi connectivity index (χ2v) is 6.02. The molecule has 2 N–H and O–H groups in total. The molecule has 1 aliphatic rings. The molecule has 0 unspecified atom stereocenters. The SMILES string of the molecule is Cc1ccc(N2C[C@H](C(=O)Nc3ccn(CC(=O)O)n3)CC2=O)cc1. The van der Waals surface area contributed by atoms with Gasteiger partial charge in [0.15, 0.2) is 5.82 Å². The van der Waals surface area contributed by atoms with E-state index in [9.17, 15) is 14.4 Å². The van der Waals surface area contributed by atoms with Crippen LogP contribution >= 0.6 is 0 Å². The van der Waals surface area contributed by atoms with Crippen LogP contribution in [0.5, 0.6) is 0 Å². The monoisotopic (exact) mass is 342 g/mol. The minimum atomic E-state index is -1.02. The molecule has 0 bridgehead atoms. The summed E-state index contributed by atoms with van der Waals surface area (Å²) in [5.41, 5.74) is 1.87. The lowest BCUT2D eigenvalue weighted by Gasteiger charge is -2.16. The average molecular weight is 342 g/mol. The number of aryl methyl sites for hydroxylation is 1. The Hall–Kier alpha value is -3.16. The molecular weight excluding hydrogens is 324 g/mol. The first kappa shape index (κ1) is 16.7. The third-order valence-corrected chi connectivity index (χ3v) is 4.03. The maximum atomic E-state index is 12.4. The highest BCUT2D eigenvalue weighted by atomic mass is 16.4. The number of benzene rings is 1. The molecule has 8 heteroatoms. The van der Waals surface area contributed by atoms with Gasteiger partial charge in [-0.25, -0.2) is 0 Å². The zero-order chi connectivity index (χ0) is 18.0. The van der Waals surface area contributed by atoms with Gasteiger partial charge in [0.05, 0.1) is 5.92 Å². The molecule has 3 rings (SSSR count). The van der Waals surface area contributed by atoms with Crippen LogP contribution in [0.1, 0.15) is 12.0 Å². The molecule has 1 atom stereocenters. The molecule has 8 nitrogen and oxygen atoms in total. The maximum Gasteiger partial charge on any atom is 0.325 e. The lowest BCUT2D eigenvalue weighted by Crippen LogP contribution is -2.28. The highest BCUT2D eigenvalue weighted by molar-refractivity contribution is 6.03. The smallest absolute Gasteiger partial charge is 0.325 e. The van der Waals surface area contributed by atoms with Gasteiger partial charge in [-0.3, -0.25) is 19.1 Å². The number of anilines is 2. The number of hydrogen-bond donors (Lipinski definition) is 2. The van der Waals surface area contributed by atoms with Gasteiger partial charge in [-0.15, -0.1) is 0 Å². The molecule has 0 saturated carbocycles. The summed E-state index contributed by atoms with van der Waals surface area (Å²) in [4.78, 5) is 36.8. The first-order chi connectivity index (χ1) is 11.9. The molecule has 0 spiro atoms. The van der Waals surface area contributed by atoms with Gasteiger partial charge in [-0.2, -0.15) is 5.10 Å². The van der Waals surface area contributed by atoms with Crippen LogP contribution in [0.4, 0.5) is 11.5 Å². The van der Waals surface area contributed by atoms with E-state index in [2.05, 4.69) is 10.4 Å². The number of carboxylic acids is 1. The van der Waals surface area contributed by atoms with Gasteiger partial charge >= 0.3 is 5.97 Å². The number of nitrogens with zero attached hydrogens (tertiary/aromatic N) is 3. The van der Waals surface area contributed by atoms with E-state index in [4.69, 9.17) is 5.11 Å². The van der Waals surface area contributed by atoms with Crippen LogP contribution < -0.4 is 10.2 Å². The maximum absolute atomic E-state index is 12.4. The van der Waals surface area contributed by atoms with Crippen molar-refractivity contribution in [1.82, 2.24) is 9.78 Å². The van der Waals surface area contributed by atoms with E-state index in [-0.39, 0.29) is 30.6 Å². The quantitative estimate of drug-likeness (QED) is 0.851. The molecule has 1 saturated heterocycles. The zero-order valence-electron chi connectivity index (χ0n) is 13.7. The summed E-state index contributed by atoms with van der Waals surface area (Å²) < 4.78 is 1.22. The van der Waals surface area contributed by atoms with Gasteiger partial charge in [0.25, 0.3) is 0 Å². The first-order valence-electron chi connectivity index (χ1n) is 7.85. The second-order valence-electron chi connectivity index (χ2n) is 6.02. The minimum absolute atomic E-state index is 0.0968. The summed E-state index contributed by atoms with van der Waals surface area (Å²) in [6.07, 6.45) is 1.61. The number of rotatable bonds is 5. The molecule has 0 radical (unpaired) electrons. The van der Waals surface area contributed by atoms with Gasteiger partial charge in [-0.05, 0) is 19.1 Å². The average Bonchev–Trinajstić information content (AvgIpc) is 3.14. The van der Waals surface area contributed by atoms with E-state index in [0.29, 0.717) is 6.54 Å². The Morgan fingerprint density at radius 2 is 2.00 bits per heavy atom. The summed E-state index contributed by atoms with van der Waals surface area (Å²) >= 11 is 0. The van der Waals surface area contributed by atoms with E-state index in [1.165, 1.54) is 16.9 Å². The molecular formula is C17H18N4O4. The van der Waals surface area contributed by atoms with Crippen LogP contribution in [0.3, 0.4) is 0 Å². The van der Waals surface area contributed by atoms with Crippen molar-refractivity contribution in [3.05, 3.63) is 42.1 Å². The van der Waals surface area contributed by atoms with Crippen molar-refractivity contribution in [3.8, 4) is 0 Å². The normalized spacial score (nSPS) is 16.9. The number of carboxylic acid groups (broad SMARTS) is 1. The van der Waals surface area contributed by atoms with Crippen molar-refractivity contribution in [1.29, 1.82) is 0 Å². The van der Waals surface area contributed by atoms with E-state index in [0.717, 1.165) is 11.3 Å². The van der Waals surface area contributed by atoms with E-state index < -0.39 is 11.9 Å². The molecule has 2 heterocycles. The van der Waals surface area contributed by atoms with Crippen LogP contribution in [0.2, 0.25) is 0 Å². The fourth-order valence-electron chi connectivity index (χ4n) is 2.74.